The number of methoxy groups -OCH3 is 1. The van der Waals surface area contributed by atoms with Crippen molar-refractivity contribution in [3.63, 3.8) is 0 Å². The lowest BCUT2D eigenvalue weighted by molar-refractivity contribution is -0.137. The van der Waals surface area contributed by atoms with Crippen molar-refractivity contribution in [2.24, 2.45) is 0 Å². The van der Waals surface area contributed by atoms with Gasteiger partial charge >= 0.3 is 12.1 Å². The highest BCUT2D eigenvalue weighted by Gasteiger charge is 2.30. The number of carbonyl (C=O) groups is 2. The van der Waals surface area contributed by atoms with Gasteiger partial charge in [-0.15, -0.1) is 0 Å². The van der Waals surface area contributed by atoms with Gasteiger partial charge in [0.25, 0.3) is 5.91 Å². The van der Waals surface area contributed by atoms with E-state index < -0.39 is 30.2 Å². The summed E-state index contributed by atoms with van der Waals surface area (Å²) in [6.07, 6.45) is -4.53. The van der Waals surface area contributed by atoms with Crippen molar-refractivity contribution < 1.29 is 32.2 Å². The van der Waals surface area contributed by atoms with Crippen LogP contribution in [0.1, 0.15) is 15.9 Å². The predicted octanol–water partition coefficient (Wildman–Crippen LogP) is 4.16. The number of hydrogen-bond donors (Lipinski definition) is 1. The Balaban J connectivity index is 1.99. The summed E-state index contributed by atoms with van der Waals surface area (Å²) in [5, 5.41) is 2.50. The molecule has 0 atom stereocenters. The molecular weight excluding hydrogens is 375 g/mol. The highest BCUT2D eigenvalue weighted by molar-refractivity contribution is 6.31. The second kappa shape index (κ2) is 8.09. The van der Waals surface area contributed by atoms with Crippen LogP contribution in [-0.2, 0) is 15.7 Å². The molecule has 0 saturated carbocycles. The van der Waals surface area contributed by atoms with Crippen LogP contribution in [0.4, 0.5) is 18.9 Å². The minimum atomic E-state index is -4.53. The molecule has 0 aliphatic heterocycles. The van der Waals surface area contributed by atoms with Crippen molar-refractivity contribution >= 4 is 29.2 Å². The van der Waals surface area contributed by atoms with Gasteiger partial charge in [0, 0.05) is 10.7 Å². The zero-order valence-electron chi connectivity index (χ0n) is 13.4. The normalized spacial score (nSPS) is 11.0. The number of carbonyl (C=O) groups excluding carboxylic acids is 2. The number of benzene rings is 2. The molecule has 0 aliphatic rings. The van der Waals surface area contributed by atoms with Crippen LogP contribution in [0.15, 0.2) is 42.5 Å². The third-order valence-electron chi connectivity index (χ3n) is 3.19. The van der Waals surface area contributed by atoms with E-state index in [1.165, 1.54) is 31.4 Å². The first-order valence-corrected chi connectivity index (χ1v) is 7.56. The summed E-state index contributed by atoms with van der Waals surface area (Å²) in [5.74, 6) is -1.44. The molecule has 9 heteroatoms. The largest absolute Gasteiger partial charge is 0.496 e. The molecule has 0 spiro atoms. The zero-order valence-corrected chi connectivity index (χ0v) is 14.1. The van der Waals surface area contributed by atoms with Gasteiger partial charge in [0.1, 0.15) is 11.3 Å². The fourth-order valence-electron chi connectivity index (χ4n) is 2.02. The molecule has 26 heavy (non-hydrogen) atoms. The molecular formula is C17H13ClF3NO4. The van der Waals surface area contributed by atoms with E-state index in [1.807, 2.05) is 0 Å². The second-order valence-electron chi connectivity index (χ2n) is 5.05. The Bertz CT molecular complexity index is 824. The van der Waals surface area contributed by atoms with Gasteiger partial charge in [-0.1, -0.05) is 17.7 Å². The topological polar surface area (TPSA) is 64.6 Å². The summed E-state index contributed by atoms with van der Waals surface area (Å²) in [5.41, 5.74) is -0.955. The van der Waals surface area contributed by atoms with Crippen molar-refractivity contribution in [2.75, 3.05) is 19.0 Å². The average Bonchev–Trinajstić information content (AvgIpc) is 2.59. The maximum absolute atomic E-state index is 12.6. The fourth-order valence-corrected chi connectivity index (χ4v) is 2.19. The molecule has 1 N–H and O–H groups in total. The van der Waals surface area contributed by atoms with Gasteiger partial charge in [-0.2, -0.15) is 13.2 Å². The lowest BCUT2D eigenvalue weighted by atomic mass is 10.2. The van der Waals surface area contributed by atoms with Gasteiger partial charge in [0.15, 0.2) is 6.61 Å². The molecule has 0 heterocycles. The van der Waals surface area contributed by atoms with Gasteiger partial charge in [0.2, 0.25) is 0 Å². The standard InChI is InChI=1S/C17H13ClF3NO4/c1-25-14-6-5-11(18)8-13(14)16(24)26-9-15(23)22-12-4-2-3-10(7-12)17(19,20)21/h2-8H,9H2,1H3,(H,22,23). The van der Waals surface area contributed by atoms with Gasteiger partial charge in [-0.3, -0.25) is 4.79 Å². The number of anilines is 1. The van der Waals surface area contributed by atoms with Crippen molar-refractivity contribution in [3.05, 3.63) is 58.6 Å². The molecule has 1 amide bonds. The number of esters is 1. The summed E-state index contributed by atoms with van der Waals surface area (Å²) in [6, 6.07) is 8.38. The first-order valence-electron chi connectivity index (χ1n) is 7.18. The summed E-state index contributed by atoms with van der Waals surface area (Å²) in [7, 11) is 1.35. The second-order valence-corrected chi connectivity index (χ2v) is 5.48. The van der Waals surface area contributed by atoms with E-state index in [4.69, 9.17) is 21.1 Å². The highest BCUT2D eigenvalue weighted by Crippen LogP contribution is 2.30. The van der Waals surface area contributed by atoms with E-state index in [1.54, 1.807) is 0 Å². The Morgan fingerprint density at radius 2 is 1.88 bits per heavy atom. The lowest BCUT2D eigenvalue weighted by Gasteiger charge is -2.11. The molecule has 2 aromatic rings. The Kier molecular flexibility index (Phi) is 6.10. The number of halogens is 4. The fraction of sp³-hybridized carbons (Fsp3) is 0.176. The van der Waals surface area contributed by atoms with Crippen LogP contribution >= 0.6 is 11.6 Å². The average molecular weight is 388 g/mol. The summed E-state index contributed by atoms with van der Waals surface area (Å²) in [4.78, 5) is 23.8. The minimum Gasteiger partial charge on any atom is -0.496 e. The molecule has 0 radical (unpaired) electrons. The molecule has 138 valence electrons. The zero-order chi connectivity index (χ0) is 19.3. The first-order chi connectivity index (χ1) is 12.2. The monoisotopic (exact) mass is 387 g/mol. The molecule has 0 aromatic heterocycles. The minimum absolute atomic E-state index is 0.0202. The van der Waals surface area contributed by atoms with Crippen LogP contribution in [0.2, 0.25) is 5.02 Å². The van der Waals surface area contributed by atoms with Crippen LogP contribution in [0.25, 0.3) is 0 Å². The summed E-state index contributed by atoms with van der Waals surface area (Å²) in [6.45, 7) is -0.690. The number of hydrogen-bond acceptors (Lipinski definition) is 4. The van der Waals surface area contributed by atoms with Crippen molar-refractivity contribution in [1.29, 1.82) is 0 Å². The number of amides is 1. The van der Waals surface area contributed by atoms with Crippen molar-refractivity contribution in [1.82, 2.24) is 0 Å². The molecule has 2 aromatic carbocycles. The number of alkyl halides is 3. The van der Waals surface area contributed by atoms with Crippen LogP contribution in [0.3, 0.4) is 0 Å². The Morgan fingerprint density at radius 1 is 1.15 bits per heavy atom. The third-order valence-corrected chi connectivity index (χ3v) is 3.42. The van der Waals surface area contributed by atoms with Crippen molar-refractivity contribution in [2.45, 2.75) is 6.18 Å². The molecule has 2 rings (SSSR count). The molecule has 0 fully saturated rings. The summed E-state index contributed by atoms with van der Waals surface area (Å²) >= 11 is 5.81. The maximum atomic E-state index is 12.6. The van der Waals surface area contributed by atoms with E-state index in [2.05, 4.69) is 5.32 Å². The molecule has 5 nitrogen and oxygen atoms in total. The van der Waals surface area contributed by atoms with Crippen molar-refractivity contribution in [3.8, 4) is 5.75 Å². The number of nitrogens with one attached hydrogen (secondary N) is 1. The smallest absolute Gasteiger partial charge is 0.416 e. The van der Waals surface area contributed by atoms with E-state index in [0.717, 1.165) is 18.2 Å². The van der Waals surface area contributed by atoms with E-state index in [0.29, 0.717) is 0 Å². The van der Waals surface area contributed by atoms with E-state index in [9.17, 15) is 22.8 Å². The van der Waals surface area contributed by atoms with E-state index in [-0.39, 0.29) is 22.0 Å². The Labute approximate surface area is 151 Å². The quantitative estimate of drug-likeness (QED) is 0.782. The van der Waals surface area contributed by atoms with Gasteiger partial charge in [0.05, 0.1) is 12.7 Å². The first kappa shape index (κ1) is 19.6. The van der Waals surface area contributed by atoms with Gasteiger partial charge in [-0.25, -0.2) is 4.79 Å². The lowest BCUT2D eigenvalue weighted by Crippen LogP contribution is -2.21. The number of ether oxygens (including phenoxy) is 2. The van der Waals surface area contributed by atoms with E-state index >= 15 is 0 Å². The SMILES string of the molecule is COc1ccc(Cl)cc1C(=O)OCC(=O)Nc1cccc(C(F)(F)F)c1. The highest BCUT2D eigenvalue weighted by atomic mass is 35.5. The van der Waals surface area contributed by atoms with Crippen LogP contribution in [0, 0.1) is 0 Å². The molecule has 0 saturated heterocycles. The van der Waals surface area contributed by atoms with Gasteiger partial charge in [-0.05, 0) is 36.4 Å². The summed E-state index contributed by atoms with van der Waals surface area (Å²) < 4.78 is 47.8. The molecule has 0 bridgehead atoms. The third kappa shape index (κ3) is 5.13. The predicted molar refractivity (Wildman–Crippen MR) is 88.4 cm³/mol. The molecule has 0 unspecified atom stereocenters. The maximum Gasteiger partial charge on any atom is 0.416 e. The number of rotatable bonds is 5. The Hall–Kier alpha value is -2.74. The Morgan fingerprint density at radius 3 is 2.54 bits per heavy atom. The molecule has 0 aliphatic carbocycles. The van der Waals surface area contributed by atoms with Crippen LogP contribution in [-0.4, -0.2) is 25.6 Å². The van der Waals surface area contributed by atoms with Gasteiger partial charge < -0.3 is 14.8 Å². The van der Waals surface area contributed by atoms with Crippen LogP contribution < -0.4 is 10.1 Å². The van der Waals surface area contributed by atoms with Crippen LogP contribution in [0.5, 0.6) is 5.75 Å².